The number of hydrogen-bond acceptors (Lipinski definition) is 2. The first-order valence-corrected chi connectivity index (χ1v) is 6.66. The van der Waals surface area contributed by atoms with Crippen molar-refractivity contribution in [1.82, 2.24) is 4.90 Å². The molecule has 1 aromatic rings. The molecule has 1 N–H and O–H groups in total. The monoisotopic (exact) mass is 247 g/mol. The summed E-state index contributed by atoms with van der Waals surface area (Å²) in [5.41, 5.74) is 1.35. The Labute approximate surface area is 108 Å². The molecule has 0 radical (unpaired) electrons. The molecule has 1 saturated heterocycles. The van der Waals surface area contributed by atoms with Gasteiger partial charge in [0.25, 0.3) is 0 Å². The van der Waals surface area contributed by atoms with E-state index in [-0.39, 0.29) is 11.8 Å². The van der Waals surface area contributed by atoms with Crippen LogP contribution in [0.1, 0.15) is 18.9 Å². The largest absolute Gasteiger partial charge is 0.481 e. The van der Waals surface area contributed by atoms with Gasteiger partial charge in [-0.2, -0.15) is 0 Å². The Balaban J connectivity index is 1.81. The van der Waals surface area contributed by atoms with Gasteiger partial charge in [0.2, 0.25) is 0 Å². The summed E-state index contributed by atoms with van der Waals surface area (Å²) < 4.78 is 0. The van der Waals surface area contributed by atoms with Crippen LogP contribution in [0.15, 0.2) is 30.3 Å². The number of rotatable bonds is 4. The van der Waals surface area contributed by atoms with E-state index in [1.54, 1.807) is 0 Å². The van der Waals surface area contributed by atoms with E-state index in [1.165, 1.54) is 5.56 Å². The molecule has 2 rings (SSSR count). The molecule has 0 spiro atoms. The molecule has 1 heterocycles. The first kappa shape index (κ1) is 13.1. The van der Waals surface area contributed by atoms with E-state index < -0.39 is 5.97 Å². The zero-order valence-corrected chi connectivity index (χ0v) is 10.9. The second-order valence-electron chi connectivity index (χ2n) is 5.25. The molecule has 0 unspecified atom stereocenters. The molecular weight excluding hydrogens is 226 g/mol. The van der Waals surface area contributed by atoms with E-state index >= 15 is 0 Å². The van der Waals surface area contributed by atoms with Gasteiger partial charge in [-0.25, -0.2) is 0 Å². The van der Waals surface area contributed by atoms with Crippen molar-refractivity contribution in [2.24, 2.45) is 11.8 Å². The number of nitrogens with zero attached hydrogens (tertiary/aromatic N) is 1. The number of aliphatic carboxylic acids is 1. The third-order valence-electron chi connectivity index (χ3n) is 3.87. The summed E-state index contributed by atoms with van der Waals surface area (Å²) in [4.78, 5) is 13.4. The lowest BCUT2D eigenvalue weighted by Crippen LogP contribution is -2.42. The molecule has 0 saturated carbocycles. The van der Waals surface area contributed by atoms with E-state index in [9.17, 15) is 4.79 Å². The minimum Gasteiger partial charge on any atom is -0.481 e. The predicted octanol–water partition coefficient (Wildman–Crippen LogP) is 2.27. The van der Waals surface area contributed by atoms with Crippen molar-refractivity contribution in [3.8, 4) is 0 Å². The van der Waals surface area contributed by atoms with Gasteiger partial charge < -0.3 is 10.0 Å². The third-order valence-corrected chi connectivity index (χ3v) is 3.87. The van der Waals surface area contributed by atoms with Crippen LogP contribution in [0.5, 0.6) is 0 Å². The van der Waals surface area contributed by atoms with Crippen molar-refractivity contribution in [2.75, 3.05) is 19.6 Å². The Bertz CT molecular complexity index is 391. The summed E-state index contributed by atoms with van der Waals surface area (Å²) in [6, 6.07) is 10.5. The van der Waals surface area contributed by atoms with Crippen LogP contribution in [-0.4, -0.2) is 35.6 Å². The second-order valence-corrected chi connectivity index (χ2v) is 5.25. The van der Waals surface area contributed by atoms with Crippen LogP contribution < -0.4 is 0 Å². The number of hydrogen-bond donors (Lipinski definition) is 1. The summed E-state index contributed by atoms with van der Waals surface area (Å²) in [6.45, 7) is 4.89. The number of benzene rings is 1. The fourth-order valence-electron chi connectivity index (χ4n) is 2.73. The zero-order chi connectivity index (χ0) is 13.0. The topological polar surface area (TPSA) is 40.5 Å². The number of carboxylic acids is 1. The summed E-state index contributed by atoms with van der Waals surface area (Å²) >= 11 is 0. The van der Waals surface area contributed by atoms with E-state index in [2.05, 4.69) is 29.2 Å². The van der Waals surface area contributed by atoms with Gasteiger partial charge in [0.1, 0.15) is 0 Å². The quantitative estimate of drug-likeness (QED) is 0.887. The van der Waals surface area contributed by atoms with Crippen LogP contribution in [0.3, 0.4) is 0 Å². The van der Waals surface area contributed by atoms with Crippen molar-refractivity contribution in [3.63, 3.8) is 0 Å². The van der Waals surface area contributed by atoms with Gasteiger partial charge >= 0.3 is 5.97 Å². The maximum absolute atomic E-state index is 11.0. The lowest BCUT2D eigenvalue weighted by atomic mass is 9.87. The van der Waals surface area contributed by atoms with Gasteiger partial charge in [0, 0.05) is 13.1 Å². The molecule has 0 bridgehead atoms. The van der Waals surface area contributed by atoms with Crippen molar-refractivity contribution in [2.45, 2.75) is 19.8 Å². The van der Waals surface area contributed by atoms with Gasteiger partial charge in [-0.3, -0.25) is 4.79 Å². The lowest BCUT2D eigenvalue weighted by Gasteiger charge is -2.34. The second kappa shape index (κ2) is 6.01. The van der Waals surface area contributed by atoms with Gasteiger partial charge in [-0.15, -0.1) is 0 Å². The molecule has 3 heteroatoms. The van der Waals surface area contributed by atoms with Crippen molar-refractivity contribution < 1.29 is 9.90 Å². The fourth-order valence-corrected chi connectivity index (χ4v) is 2.73. The van der Waals surface area contributed by atoms with Crippen LogP contribution in [0.2, 0.25) is 0 Å². The van der Waals surface area contributed by atoms with Crippen LogP contribution in [0.25, 0.3) is 0 Å². The molecule has 1 aliphatic heterocycles. The van der Waals surface area contributed by atoms with Gasteiger partial charge in [-0.1, -0.05) is 37.3 Å². The van der Waals surface area contributed by atoms with E-state index in [1.807, 2.05) is 13.0 Å². The maximum atomic E-state index is 11.0. The Morgan fingerprint density at radius 1 is 1.39 bits per heavy atom. The fraction of sp³-hybridized carbons (Fsp3) is 0.533. The average Bonchev–Trinajstić information content (AvgIpc) is 2.37. The minimum atomic E-state index is -0.634. The van der Waals surface area contributed by atoms with E-state index in [4.69, 9.17) is 5.11 Å². The highest BCUT2D eigenvalue weighted by molar-refractivity contribution is 5.70. The summed E-state index contributed by atoms with van der Waals surface area (Å²) in [7, 11) is 0. The van der Waals surface area contributed by atoms with Crippen molar-refractivity contribution in [3.05, 3.63) is 35.9 Å². The van der Waals surface area contributed by atoms with E-state index in [0.717, 1.165) is 32.5 Å². The molecule has 1 fully saturated rings. The highest BCUT2D eigenvalue weighted by atomic mass is 16.4. The Morgan fingerprint density at radius 3 is 2.72 bits per heavy atom. The first-order valence-electron chi connectivity index (χ1n) is 6.66. The Morgan fingerprint density at radius 2 is 2.11 bits per heavy atom. The van der Waals surface area contributed by atoms with Gasteiger partial charge in [0.05, 0.1) is 5.92 Å². The standard InChI is InChI=1S/C15H21NO2/c1-12-11-16(10-8-14(12)15(17)18)9-7-13-5-3-2-4-6-13/h2-6,12,14H,7-11H2,1H3,(H,17,18)/t12-,14-/m0/s1. The molecular formula is C15H21NO2. The molecule has 98 valence electrons. The van der Waals surface area contributed by atoms with E-state index in [0.29, 0.717) is 0 Å². The summed E-state index contributed by atoms with van der Waals surface area (Å²) in [6.07, 6.45) is 1.83. The number of carbonyl (C=O) groups is 1. The molecule has 2 atom stereocenters. The third kappa shape index (κ3) is 3.33. The smallest absolute Gasteiger partial charge is 0.306 e. The van der Waals surface area contributed by atoms with Gasteiger partial charge in [0.15, 0.2) is 0 Å². The number of carboxylic acid groups (broad SMARTS) is 1. The lowest BCUT2D eigenvalue weighted by molar-refractivity contribution is -0.145. The Hall–Kier alpha value is -1.35. The van der Waals surface area contributed by atoms with Gasteiger partial charge in [-0.05, 0) is 30.9 Å². The molecule has 18 heavy (non-hydrogen) atoms. The summed E-state index contributed by atoms with van der Waals surface area (Å²) in [5, 5.41) is 9.08. The SMILES string of the molecule is C[C@H]1CN(CCc2ccccc2)CC[C@@H]1C(=O)O. The molecule has 0 aliphatic carbocycles. The highest BCUT2D eigenvalue weighted by Gasteiger charge is 2.30. The van der Waals surface area contributed by atoms with Crippen LogP contribution in [0, 0.1) is 11.8 Å². The molecule has 1 aromatic carbocycles. The normalized spacial score (nSPS) is 24.9. The van der Waals surface area contributed by atoms with Crippen molar-refractivity contribution in [1.29, 1.82) is 0 Å². The maximum Gasteiger partial charge on any atom is 0.306 e. The minimum absolute atomic E-state index is 0.155. The van der Waals surface area contributed by atoms with Crippen LogP contribution in [0.4, 0.5) is 0 Å². The summed E-state index contributed by atoms with van der Waals surface area (Å²) in [5.74, 6) is -0.532. The van der Waals surface area contributed by atoms with Crippen LogP contribution in [-0.2, 0) is 11.2 Å². The average molecular weight is 247 g/mol. The van der Waals surface area contributed by atoms with Crippen molar-refractivity contribution >= 4 is 5.97 Å². The molecule has 1 aliphatic rings. The number of likely N-dealkylation sites (tertiary alicyclic amines) is 1. The number of piperidine rings is 1. The van der Waals surface area contributed by atoms with Crippen LogP contribution >= 0.6 is 0 Å². The predicted molar refractivity (Wildman–Crippen MR) is 71.5 cm³/mol. The zero-order valence-electron chi connectivity index (χ0n) is 10.9. The molecule has 0 amide bonds. The molecule has 3 nitrogen and oxygen atoms in total. The Kier molecular flexibility index (Phi) is 4.37. The molecule has 0 aromatic heterocycles. The highest BCUT2D eigenvalue weighted by Crippen LogP contribution is 2.23. The first-order chi connectivity index (χ1) is 8.66.